The van der Waals surface area contributed by atoms with Crippen LogP contribution in [0.5, 0.6) is 0 Å². The number of rotatable bonds is 6. The molecule has 2 aromatic carbocycles. The number of amides is 2. The fourth-order valence-corrected chi connectivity index (χ4v) is 4.23. The van der Waals surface area contributed by atoms with E-state index in [2.05, 4.69) is 15.7 Å². The van der Waals surface area contributed by atoms with Crippen molar-refractivity contribution in [1.29, 1.82) is 0 Å². The number of para-hydroxylation sites is 1. The number of esters is 1. The van der Waals surface area contributed by atoms with Gasteiger partial charge in [0.05, 0.1) is 23.2 Å². The Balaban J connectivity index is 1.42. The molecule has 0 spiro atoms. The quantitative estimate of drug-likeness (QED) is 0.574. The predicted molar refractivity (Wildman–Crippen MR) is 117 cm³/mol. The second kappa shape index (κ2) is 9.05. The molecular weight excluding hydrogens is 416 g/mol. The Morgan fingerprint density at radius 1 is 1.19 bits per heavy atom. The van der Waals surface area contributed by atoms with E-state index in [4.69, 9.17) is 4.74 Å². The van der Waals surface area contributed by atoms with Crippen LogP contribution in [-0.4, -0.2) is 39.4 Å². The van der Waals surface area contributed by atoms with Gasteiger partial charge in [-0.3, -0.25) is 9.59 Å². The van der Waals surface area contributed by atoms with Crippen molar-refractivity contribution < 1.29 is 19.1 Å². The van der Waals surface area contributed by atoms with Crippen LogP contribution in [0.1, 0.15) is 23.8 Å². The third-order valence-corrected chi connectivity index (χ3v) is 5.82. The molecule has 0 bridgehead atoms. The SMILES string of the molecule is CCOC(=O)c1ccn(-c2cccc(NC(=O)CC3Sc4ccccc4NC3=O)c2)n1. The maximum Gasteiger partial charge on any atom is 0.358 e. The summed E-state index contributed by atoms with van der Waals surface area (Å²) in [6.45, 7) is 2.01. The van der Waals surface area contributed by atoms with Gasteiger partial charge in [-0.25, -0.2) is 9.48 Å². The molecular formula is C22H20N4O4S. The number of fused-ring (bicyclic) bond motifs is 1. The van der Waals surface area contributed by atoms with Crippen LogP contribution in [0.3, 0.4) is 0 Å². The average Bonchev–Trinajstić information content (AvgIpc) is 3.25. The maximum absolute atomic E-state index is 12.6. The van der Waals surface area contributed by atoms with Crippen LogP contribution < -0.4 is 10.6 Å². The number of benzene rings is 2. The van der Waals surface area contributed by atoms with Gasteiger partial charge in [0.15, 0.2) is 5.69 Å². The van der Waals surface area contributed by atoms with E-state index in [1.165, 1.54) is 16.4 Å². The first-order valence-corrected chi connectivity index (χ1v) is 10.6. The highest BCUT2D eigenvalue weighted by atomic mass is 32.2. The molecule has 4 rings (SSSR count). The first-order valence-electron chi connectivity index (χ1n) is 9.73. The van der Waals surface area contributed by atoms with Gasteiger partial charge in [-0.05, 0) is 43.3 Å². The van der Waals surface area contributed by atoms with E-state index in [1.807, 2.05) is 24.3 Å². The van der Waals surface area contributed by atoms with Crippen LogP contribution in [0.2, 0.25) is 0 Å². The van der Waals surface area contributed by atoms with E-state index in [1.54, 1.807) is 43.5 Å². The number of carbonyl (C=O) groups is 3. The van der Waals surface area contributed by atoms with Gasteiger partial charge in [0.1, 0.15) is 0 Å². The van der Waals surface area contributed by atoms with Crippen LogP contribution in [0.15, 0.2) is 65.7 Å². The van der Waals surface area contributed by atoms with Gasteiger partial charge in [-0.2, -0.15) is 5.10 Å². The second-order valence-corrected chi connectivity index (χ2v) is 8.01. The summed E-state index contributed by atoms with van der Waals surface area (Å²) in [6, 6.07) is 16.1. The summed E-state index contributed by atoms with van der Waals surface area (Å²) in [6.07, 6.45) is 1.69. The Morgan fingerprint density at radius 2 is 2.03 bits per heavy atom. The number of thioether (sulfide) groups is 1. The predicted octanol–water partition coefficient (Wildman–Crippen LogP) is 3.49. The summed E-state index contributed by atoms with van der Waals surface area (Å²) in [7, 11) is 0. The smallest absolute Gasteiger partial charge is 0.358 e. The minimum Gasteiger partial charge on any atom is -0.461 e. The maximum atomic E-state index is 12.6. The fourth-order valence-electron chi connectivity index (χ4n) is 3.12. The molecule has 1 atom stereocenters. The van der Waals surface area contributed by atoms with E-state index in [0.29, 0.717) is 11.4 Å². The highest BCUT2D eigenvalue weighted by molar-refractivity contribution is 8.01. The van der Waals surface area contributed by atoms with Gasteiger partial charge in [-0.15, -0.1) is 11.8 Å². The molecule has 3 aromatic rings. The molecule has 2 N–H and O–H groups in total. The summed E-state index contributed by atoms with van der Waals surface area (Å²) < 4.78 is 6.48. The third kappa shape index (κ3) is 4.77. The molecule has 2 amide bonds. The van der Waals surface area contributed by atoms with E-state index < -0.39 is 11.2 Å². The van der Waals surface area contributed by atoms with E-state index in [0.717, 1.165) is 10.6 Å². The Bertz CT molecular complexity index is 1140. The number of nitrogens with one attached hydrogen (secondary N) is 2. The number of carbonyl (C=O) groups excluding carboxylic acids is 3. The van der Waals surface area contributed by atoms with Crippen molar-refractivity contribution in [3.05, 3.63) is 66.5 Å². The molecule has 0 aliphatic carbocycles. The van der Waals surface area contributed by atoms with Crippen molar-refractivity contribution in [3.8, 4) is 5.69 Å². The Labute approximate surface area is 183 Å². The molecule has 31 heavy (non-hydrogen) atoms. The molecule has 158 valence electrons. The fraction of sp³-hybridized carbons (Fsp3) is 0.182. The lowest BCUT2D eigenvalue weighted by molar-refractivity contribution is -0.120. The number of hydrogen-bond acceptors (Lipinski definition) is 6. The van der Waals surface area contributed by atoms with Crippen molar-refractivity contribution >= 4 is 40.9 Å². The molecule has 0 saturated heterocycles. The standard InChI is InChI=1S/C22H20N4O4S/c1-2-30-22(29)17-10-11-26(25-17)15-7-5-6-14(12-15)23-20(27)13-19-21(28)24-16-8-3-4-9-18(16)31-19/h3-12,19H,2,13H2,1H3,(H,23,27)(H,24,28). The number of ether oxygens (including phenoxy) is 1. The number of nitrogens with zero attached hydrogens (tertiary/aromatic N) is 2. The highest BCUT2D eigenvalue weighted by Gasteiger charge is 2.28. The normalized spacial score (nSPS) is 15.0. The van der Waals surface area contributed by atoms with E-state index in [-0.39, 0.29) is 30.5 Å². The first kappa shape index (κ1) is 20.7. The largest absolute Gasteiger partial charge is 0.461 e. The van der Waals surface area contributed by atoms with Crippen molar-refractivity contribution in [2.75, 3.05) is 17.2 Å². The topological polar surface area (TPSA) is 102 Å². The zero-order chi connectivity index (χ0) is 21.8. The van der Waals surface area contributed by atoms with Gasteiger partial charge in [-0.1, -0.05) is 18.2 Å². The number of hydrogen-bond donors (Lipinski definition) is 2. The molecule has 1 aliphatic heterocycles. The molecule has 9 heteroatoms. The van der Waals surface area contributed by atoms with Gasteiger partial charge in [0.25, 0.3) is 0 Å². The molecule has 1 aromatic heterocycles. The van der Waals surface area contributed by atoms with E-state index in [9.17, 15) is 14.4 Å². The zero-order valence-corrected chi connectivity index (χ0v) is 17.5. The zero-order valence-electron chi connectivity index (χ0n) is 16.7. The van der Waals surface area contributed by atoms with Crippen molar-refractivity contribution in [2.24, 2.45) is 0 Å². The number of aromatic nitrogens is 2. The summed E-state index contributed by atoms with van der Waals surface area (Å²) in [5, 5.41) is 9.38. The van der Waals surface area contributed by atoms with Gasteiger partial charge >= 0.3 is 5.97 Å². The number of anilines is 2. The Hall–Kier alpha value is -3.59. The first-order chi connectivity index (χ1) is 15.0. The lowest BCUT2D eigenvalue weighted by Crippen LogP contribution is -2.32. The average molecular weight is 436 g/mol. The highest BCUT2D eigenvalue weighted by Crippen LogP contribution is 2.36. The van der Waals surface area contributed by atoms with Crippen LogP contribution in [0.25, 0.3) is 5.69 Å². The van der Waals surface area contributed by atoms with Crippen LogP contribution in [0, 0.1) is 0 Å². The van der Waals surface area contributed by atoms with Gasteiger partial charge < -0.3 is 15.4 Å². The van der Waals surface area contributed by atoms with Crippen LogP contribution in [-0.2, 0) is 14.3 Å². The van der Waals surface area contributed by atoms with Crippen molar-refractivity contribution in [1.82, 2.24) is 9.78 Å². The summed E-state index contributed by atoms with van der Waals surface area (Å²) in [5.74, 6) is -0.942. The minimum absolute atomic E-state index is 0.0455. The third-order valence-electron chi connectivity index (χ3n) is 4.55. The van der Waals surface area contributed by atoms with Crippen LogP contribution >= 0.6 is 11.8 Å². The van der Waals surface area contributed by atoms with Gasteiger partial charge in [0.2, 0.25) is 11.8 Å². The van der Waals surface area contributed by atoms with Crippen molar-refractivity contribution in [2.45, 2.75) is 23.5 Å². The van der Waals surface area contributed by atoms with Crippen LogP contribution in [0.4, 0.5) is 11.4 Å². The summed E-state index contributed by atoms with van der Waals surface area (Å²) >= 11 is 1.38. The summed E-state index contributed by atoms with van der Waals surface area (Å²) in [4.78, 5) is 37.6. The molecule has 2 heterocycles. The molecule has 1 unspecified atom stereocenters. The van der Waals surface area contributed by atoms with Gasteiger partial charge in [0, 0.05) is 23.2 Å². The summed E-state index contributed by atoms with van der Waals surface area (Å²) in [5.41, 5.74) is 2.21. The molecule has 8 nitrogen and oxygen atoms in total. The molecule has 1 aliphatic rings. The molecule has 0 saturated carbocycles. The minimum atomic E-state index is -0.503. The Kier molecular flexibility index (Phi) is 6.03. The van der Waals surface area contributed by atoms with E-state index >= 15 is 0 Å². The monoisotopic (exact) mass is 436 g/mol. The lowest BCUT2D eigenvalue weighted by atomic mass is 10.2. The second-order valence-electron chi connectivity index (χ2n) is 6.76. The molecule has 0 radical (unpaired) electrons. The van der Waals surface area contributed by atoms with Crippen molar-refractivity contribution in [3.63, 3.8) is 0 Å². The Morgan fingerprint density at radius 3 is 2.87 bits per heavy atom. The molecule has 0 fully saturated rings. The lowest BCUT2D eigenvalue weighted by Gasteiger charge is -2.23.